The summed E-state index contributed by atoms with van der Waals surface area (Å²) in [5.74, 6) is 0.559. The number of furan rings is 1. The van der Waals surface area contributed by atoms with Crippen molar-refractivity contribution in [2.24, 2.45) is 5.41 Å². The number of hydrogen-bond donors (Lipinski definition) is 1. The molecule has 1 fully saturated rings. The van der Waals surface area contributed by atoms with Crippen LogP contribution in [0.25, 0.3) is 0 Å². The summed E-state index contributed by atoms with van der Waals surface area (Å²) >= 11 is 0. The highest BCUT2D eigenvalue weighted by Gasteiger charge is 2.42. The number of aliphatic hydroxyl groups is 1. The van der Waals surface area contributed by atoms with Crippen LogP contribution in [0.15, 0.2) is 16.7 Å². The molecule has 1 unspecified atom stereocenters. The zero-order valence-corrected chi connectivity index (χ0v) is 9.57. The van der Waals surface area contributed by atoms with Gasteiger partial charge in [0, 0.05) is 0 Å². The van der Waals surface area contributed by atoms with Gasteiger partial charge in [0.1, 0.15) is 11.9 Å². The van der Waals surface area contributed by atoms with Gasteiger partial charge >= 0.3 is 0 Å². The molecular formula is C13H17NO2. The van der Waals surface area contributed by atoms with Crippen molar-refractivity contribution in [3.05, 3.63) is 23.7 Å². The van der Waals surface area contributed by atoms with E-state index >= 15 is 0 Å². The normalized spacial score (nSPS) is 21.3. The Kier molecular flexibility index (Phi) is 3.02. The van der Waals surface area contributed by atoms with Gasteiger partial charge in [0.25, 0.3) is 0 Å². The second-order valence-corrected chi connectivity index (χ2v) is 4.70. The molecule has 0 amide bonds. The second-order valence-electron chi connectivity index (χ2n) is 4.70. The zero-order valence-electron chi connectivity index (χ0n) is 9.57. The summed E-state index contributed by atoms with van der Waals surface area (Å²) in [4.78, 5) is 0. The van der Waals surface area contributed by atoms with Gasteiger partial charge in [-0.05, 0) is 31.4 Å². The van der Waals surface area contributed by atoms with E-state index in [9.17, 15) is 10.4 Å². The van der Waals surface area contributed by atoms with E-state index in [1.807, 2.05) is 13.0 Å². The van der Waals surface area contributed by atoms with Crippen molar-refractivity contribution in [3.63, 3.8) is 0 Å². The van der Waals surface area contributed by atoms with Crippen LogP contribution in [0, 0.1) is 23.7 Å². The van der Waals surface area contributed by atoms with Crippen molar-refractivity contribution in [2.75, 3.05) is 0 Å². The largest absolute Gasteiger partial charge is 0.466 e. The maximum absolute atomic E-state index is 10.3. The Morgan fingerprint density at radius 2 is 2.12 bits per heavy atom. The van der Waals surface area contributed by atoms with Crippen molar-refractivity contribution in [3.8, 4) is 6.07 Å². The Morgan fingerprint density at radius 1 is 1.44 bits per heavy atom. The van der Waals surface area contributed by atoms with E-state index in [4.69, 9.17) is 4.42 Å². The Hall–Kier alpha value is -1.27. The van der Waals surface area contributed by atoms with Gasteiger partial charge in [-0.15, -0.1) is 0 Å². The van der Waals surface area contributed by atoms with E-state index < -0.39 is 11.5 Å². The molecule has 0 spiro atoms. The number of rotatable bonds is 2. The van der Waals surface area contributed by atoms with Crippen LogP contribution in [0.3, 0.4) is 0 Å². The molecular weight excluding hydrogens is 202 g/mol. The maximum atomic E-state index is 10.3. The lowest BCUT2D eigenvalue weighted by atomic mass is 9.70. The minimum atomic E-state index is -0.784. The van der Waals surface area contributed by atoms with Crippen molar-refractivity contribution in [2.45, 2.75) is 45.1 Å². The van der Waals surface area contributed by atoms with Crippen LogP contribution in [-0.4, -0.2) is 5.11 Å². The molecule has 0 aliphatic heterocycles. The van der Waals surface area contributed by atoms with Crippen LogP contribution < -0.4 is 0 Å². The highest BCUT2D eigenvalue weighted by molar-refractivity contribution is 5.22. The van der Waals surface area contributed by atoms with Gasteiger partial charge in [-0.2, -0.15) is 5.26 Å². The summed E-state index contributed by atoms with van der Waals surface area (Å²) in [6.07, 6.45) is 5.52. The molecule has 1 heterocycles. The molecule has 0 aromatic carbocycles. The average molecular weight is 219 g/mol. The van der Waals surface area contributed by atoms with Gasteiger partial charge in [-0.1, -0.05) is 19.3 Å². The topological polar surface area (TPSA) is 57.2 Å². The number of aryl methyl sites for hydroxylation is 1. The average Bonchev–Trinajstić information content (AvgIpc) is 2.75. The molecule has 0 saturated heterocycles. The lowest BCUT2D eigenvalue weighted by Gasteiger charge is -2.34. The number of nitriles is 1. The summed E-state index contributed by atoms with van der Waals surface area (Å²) in [6, 6.07) is 4.15. The van der Waals surface area contributed by atoms with Crippen LogP contribution in [0.4, 0.5) is 0 Å². The lowest BCUT2D eigenvalue weighted by molar-refractivity contribution is 0.0192. The van der Waals surface area contributed by atoms with Gasteiger partial charge in [0.15, 0.2) is 0 Å². The minimum absolute atomic E-state index is 0.559. The Labute approximate surface area is 95.7 Å². The molecule has 2 rings (SSSR count). The standard InChI is InChI=1S/C13H17NO2/c1-10-5-8-16-11(10)12(15)13(9-14)6-3-2-4-7-13/h5,8,12,15H,2-4,6-7H2,1H3. The van der Waals surface area contributed by atoms with Gasteiger partial charge in [-0.3, -0.25) is 0 Å². The zero-order chi connectivity index (χ0) is 11.6. The molecule has 1 saturated carbocycles. The van der Waals surface area contributed by atoms with Gasteiger partial charge in [0.05, 0.1) is 17.7 Å². The summed E-state index contributed by atoms with van der Waals surface area (Å²) < 4.78 is 5.31. The highest BCUT2D eigenvalue weighted by Crippen LogP contribution is 2.46. The van der Waals surface area contributed by atoms with Crippen molar-refractivity contribution in [1.29, 1.82) is 5.26 Å². The predicted octanol–water partition coefficient (Wildman–Crippen LogP) is 3.10. The summed E-state index contributed by atoms with van der Waals surface area (Å²) in [5.41, 5.74) is 0.286. The first kappa shape index (κ1) is 11.2. The van der Waals surface area contributed by atoms with E-state index in [-0.39, 0.29) is 0 Å². The lowest BCUT2D eigenvalue weighted by Crippen LogP contribution is -2.30. The summed E-state index contributed by atoms with van der Waals surface area (Å²) in [5, 5.41) is 19.7. The second kappa shape index (κ2) is 4.31. The molecule has 3 nitrogen and oxygen atoms in total. The molecule has 1 aromatic heterocycles. The molecule has 1 aromatic rings. The first-order valence-corrected chi connectivity index (χ1v) is 5.83. The molecule has 3 heteroatoms. The van der Waals surface area contributed by atoms with Gasteiger partial charge < -0.3 is 9.52 Å². The smallest absolute Gasteiger partial charge is 0.136 e. The first-order chi connectivity index (χ1) is 7.69. The van der Waals surface area contributed by atoms with Crippen LogP contribution in [-0.2, 0) is 0 Å². The quantitative estimate of drug-likeness (QED) is 0.831. The molecule has 1 N–H and O–H groups in total. The molecule has 16 heavy (non-hydrogen) atoms. The minimum Gasteiger partial charge on any atom is -0.466 e. The molecule has 86 valence electrons. The fourth-order valence-corrected chi connectivity index (χ4v) is 2.54. The Morgan fingerprint density at radius 3 is 2.62 bits per heavy atom. The predicted molar refractivity (Wildman–Crippen MR) is 59.5 cm³/mol. The van der Waals surface area contributed by atoms with Crippen LogP contribution >= 0.6 is 0 Å². The summed E-state index contributed by atoms with van der Waals surface area (Å²) in [6.45, 7) is 1.90. The number of aliphatic hydroxyl groups excluding tert-OH is 1. The molecule has 1 aliphatic carbocycles. The van der Waals surface area contributed by atoms with Gasteiger partial charge in [-0.25, -0.2) is 0 Å². The van der Waals surface area contributed by atoms with Crippen LogP contribution in [0.1, 0.15) is 49.5 Å². The van der Waals surface area contributed by atoms with Crippen molar-refractivity contribution in [1.82, 2.24) is 0 Å². The summed E-state index contributed by atoms with van der Waals surface area (Å²) in [7, 11) is 0. The molecule has 1 aliphatic rings. The van der Waals surface area contributed by atoms with E-state index in [1.54, 1.807) is 6.26 Å². The first-order valence-electron chi connectivity index (χ1n) is 5.83. The van der Waals surface area contributed by atoms with Crippen molar-refractivity contribution >= 4 is 0 Å². The van der Waals surface area contributed by atoms with E-state index in [2.05, 4.69) is 6.07 Å². The SMILES string of the molecule is Cc1ccoc1C(O)C1(C#N)CCCCC1. The Bertz CT molecular complexity index is 396. The van der Waals surface area contributed by atoms with Crippen molar-refractivity contribution < 1.29 is 9.52 Å². The highest BCUT2D eigenvalue weighted by atomic mass is 16.4. The third kappa shape index (κ3) is 1.74. The van der Waals surface area contributed by atoms with E-state index in [0.717, 1.165) is 37.7 Å². The van der Waals surface area contributed by atoms with E-state index in [0.29, 0.717) is 5.76 Å². The fraction of sp³-hybridized carbons (Fsp3) is 0.615. The third-order valence-corrected chi connectivity index (χ3v) is 3.64. The monoisotopic (exact) mass is 219 g/mol. The molecule has 0 radical (unpaired) electrons. The maximum Gasteiger partial charge on any atom is 0.136 e. The number of hydrogen-bond acceptors (Lipinski definition) is 3. The number of nitrogens with zero attached hydrogens (tertiary/aromatic N) is 1. The van der Waals surface area contributed by atoms with Crippen LogP contribution in [0.5, 0.6) is 0 Å². The third-order valence-electron chi connectivity index (χ3n) is 3.64. The molecule has 1 atom stereocenters. The van der Waals surface area contributed by atoms with Crippen LogP contribution in [0.2, 0.25) is 0 Å². The Balaban J connectivity index is 2.28. The van der Waals surface area contributed by atoms with Gasteiger partial charge in [0.2, 0.25) is 0 Å². The fourth-order valence-electron chi connectivity index (χ4n) is 2.54. The molecule has 0 bridgehead atoms. The van der Waals surface area contributed by atoms with E-state index in [1.165, 1.54) is 0 Å².